The molecule has 2 amide bonds. The normalized spacial score (nSPS) is 32.1. The first-order valence-electron chi connectivity index (χ1n) is 6.87. The molecule has 1 heterocycles. The van der Waals surface area contributed by atoms with Crippen LogP contribution in [0, 0.1) is 17.3 Å². The molecule has 2 rings (SSSR count). The van der Waals surface area contributed by atoms with Crippen LogP contribution in [0.3, 0.4) is 0 Å². The largest absolute Gasteiger partial charge is 0.396 e. The predicted octanol–water partition coefficient (Wildman–Crippen LogP) is 1.57. The van der Waals surface area contributed by atoms with E-state index in [2.05, 4.69) is 0 Å². The zero-order valence-corrected chi connectivity index (χ0v) is 11.3. The van der Waals surface area contributed by atoms with Crippen molar-refractivity contribution in [2.45, 2.75) is 46.0 Å². The van der Waals surface area contributed by atoms with E-state index in [4.69, 9.17) is 0 Å². The minimum atomic E-state index is -0.198. The van der Waals surface area contributed by atoms with Crippen LogP contribution in [0.25, 0.3) is 0 Å². The van der Waals surface area contributed by atoms with E-state index >= 15 is 0 Å². The molecule has 0 aromatic rings. The summed E-state index contributed by atoms with van der Waals surface area (Å²) >= 11 is 0. The van der Waals surface area contributed by atoms with Gasteiger partial charge < -0.3 is 5.11 Å². The Morgan fingerprint density at radius 2 is 1.72 bits per heavy atom. The quantitative estimate of drug-likeness (QED) is 0.777. The molecule has 4 heteroatoms. The second-order valence-electron chi connectivity index (χ2n) is 6.55. The Balaban J connectivity index is 2.01. The molecule has 0 radical (unpaired) electrons. The number of hydrogen-bond acceptors (Lipinski definition) is 3. The Kier molecular flexibility index (Phi) is 3.76. The van der Waals surface area contributed by atoms with Gasteiger partial charge in [0.1, 0.15) is 0 Å². The highest BCUT2D eigenvalue weighted by Crippen LogP contribution is 2.35. The topological polar surface area (TPSA) is 57.6 Å². The van der Waals surface area contributed by atoms with Crippen LogP contribution in [-0.2, 0) is 9.59 Å². The number of likely N-dealkylation sites (tertiary alicyclic amines) is 1. The molecule has 4 nitrogen and oxygen atoms in total. The summed E-state index contributed by atoms with van der Waals surface area (Å²) in [5.74, 6) is 0.476. The number of carbonyl (C=O) groups excluding carboxylic acids is 2. The molecule has 0 aromatic heterocycles. The van der Waals surface area contributed by atoms with Gasteiger partial charge in [-0.2, -0.15) is 0 Å². The first-order valence-corrected chi connectivity index (χ1v) is 6.87. The highest BCUT2D eigenvalue weighted by Gasteiger charge is 2.39. The van der Waals surface area contributed by atoms with Crippen molar-refractivity contribution in [1.82, 2.24) is 4.90 Å². The van der Waals surface area contributed by atoms with Crippen molar-refractivity contribution in [3.63, 3.8) is 0 Å². The van der Waals surface area contributed by atoms with Gasteiger partial charge in [0.15, 0.2) is 0 Å². The molecule has 0 spiro atoms. The van der Waals surface area contributed by atoms with Gasteiger partial charge >= 0.3 is 0 Å². The van der Waals surface area contributed by atoms with Gasteiger partial charge in [0.05, 0.1) is 0 Å². The number of piperidine rings is 1. The van der Waals surface area contributed by atoms with Crippen LogP contribution in [0.4, 0.5) is 0 Å². The summed E-state index contributed by atoms with van der Waals surface area (Å²) in [5, 5.41) is 9.29. The summed E-state index contributed by atoms with van der Waals surface area (Å²) in [7, 11) is 0. The molecule has 1 aliphatic heterocycles. The molecule has 0 aromatic carbocycles. The van der Waals surface area contributed by atoms with Gasteiger partial charge in [0.25, 0.3) is 0 Å². The fourth-order valence-electron chi connectivity index (χ4n) is 3.24. The first kappa shape index (κ1) is 13.5. The van der Waals surface area contributed by atoms with Gasteiger partial charge in [0, 0.05) is 26.0 Å². The van der Waals surface area contributed by atoms with Gasteiger partial charge in [-0.25, -0.2) is 0 Å². The molecule has 2 fully saturated rings. The Morgan fingerprint density at radius 3 is 2.28 bits per heavy atom. The first-order chi connectivity index (χ1) is 8.43. The van der Waals surface area contributed by atoms with Crippen LogP contribution in [0.5, 0.6) is 0 Å². The van der Waals surface area contributed by atoms with Crippen LogP contribution in [-0.4, -0.2) is 35.0 Å². The number of carbonyl (C=O) groups is 2. The smallest absolute Gasteiger partial charge is 0.229 e. The Hall–Kier alpha value is -0.900. The van der Waals surface area contributed by atoms with Gasteiger partial charge in [-0.1, -0.05) is 20.3 Å². The molecule has 102 valence electrons. The maximum atomic E-state index is 12.0. The molecule has 2 unspecified atom stereocenters. The number of rotatable bonds is 3. The molecular weight excluding hydrogens is 230 g/mol. The Bertz CT molecular complexity index is 331. The molecule has 1 saturated heterocycles. The fourth-order valence-corrected chi connectivity index (χ4v) is 3.24. The van der Waals surface area contributed by atoms with Crippen molar-refractivity contribution >= 4 is 11.8 Å². The predicted molar refractivity (Wildman–Crippen MR) is 67.7 cm³/mol. The van der Waals surface area contributed by atoms with Gasteiger partial charge in [-0.3, -0.25) is 14.5 Å². The Morgan fingerprint density at radius 1 is 1.17 bits per heavy atom. The fraction of sp³-hybridized carbons (Fsp3) is 0.857. The maximum absolute atomic E-state index is 12.0. The van der Waals surface area contributed by atoms with Crippen molar-refractivity contribution in [2.24, 2.45) is 17.3 Å². The number of imide groups is 1. The van der Waals surface area contributed by atoms with E-state index in [1.807, 2.05) is 13.8 Å². The van der Waals surface area contributed by atoms with E-state index in [1.165, 1.54) is 4.90 Å². The van der Waals surface area contributed by atoms with E-state index in [-0.39, 0.29) is 29.8 Å². The third-order valence-electron chi connectivity index (χ3n) is 4.33. The van der Waals surface area contributed by atoms with E-state index < -0.39 is 0 Å². The molecular formula is C14H23NO3. The maximum Gasteiger partial charge on any atom is 0.229 e. The average molecular weight is 253 g/mol. The summed E-state index contributed by atoms with van der Waals surface area (Å²) < 4.78 is 0. The zero-order valence-electron chi connectivity index (χ0n) is 11.3. The van der Waals surface area contributed by atoms with E-state index in [9.17, 15) is 14.7 Å². The summed E-state index contributed by atoms with van der Waals surface area (Å²) in [6.45, 7) is 4.61. The highest BCUT2D eigenvalue weighted by molar-refractivity contribution is 5.98. The SMILES string of the molecule is CC1(C)CC(=O)N(CC2CCCC2CO)C(=O)C1. The van der Waals surface area contributed by atoms with Crippen molar-refractivity contribution < 1.29 is 14.7 Å². The zero-order chi connectivity index (χ0) is 13.3. The molecule has 2 aliphatic rings. The standard InChI is InChI=1S/C14H23NO3/c1-14(2)6-12(17)15(13(18)7-14)8-10-4-3-5-11(10)9-16/h10-11,16H,3-9H2,1-2H3. The molecule has 1 aliphatic carbocycles. The van der Waals surface area contributed by atoms with E-state index in [1.54, 1.807) is 0 Å². The lowest BCUT2D eigenvalue weighted by Crippen LogP contribution is -2.48. The van der Waals surface area contributed by atoms with Crippen molar-refractivity contribution in [3.05, 3.63) is 0 Å². The van der Waals surface area contributed by atoms with Crippen LogP contribution in [0.15, 0.2) is 0 Å². The Labute approximate surface area is 108 Å². The summed E-state index contributed by atoms with van der Waals surface area (Å²) in [6.07, 6.45) is 4.04. The van der Waals surface area contributed by atoms with Crippen molar-refractivity contribution in [1.29, 1.82) is 0 Å². The molecule has 1 saturated carbocycles. The number of amides is 2. The van der Waals surface area contributed by atoms with Crippen LogP contribution >= 0.6 is 0 Å². The number of hydrogen-bond donors (Lipinski definition) is 1. The minimum absolute atomic E-state index is 0.0418. The van der Waals surface area contributed by atoms with Crippen LogP contribution in [0.1, 0.15) is 46.0 Å². The summed E-state index contributed by atoms with van der Waals surface area (Å²) in [5.41, 5.74) is -0.198. The lowest BCUT2D eigenvalue weighted by molar-refractivity contribution is -0.153. The minimum Gasteiger partial charge on any atom is -0.396 e. The van der Waals surface area contributed by atoms with E-state index in [0.29, 0.717) is 25.3 Å². The van der Waals surface area contributed by atoms with Gasteiger partial charge in [-0.15, -0.1) is 0 Å². The molecule has 18 heavy (non-hydrogen) atoms. The molecule has 2 atom stereocenters. The number of aliphatic hydroxyl groups excluding tert-OH is 1. The average Bonchev–Trinajstić information content (AvgIpc) is 2.69. The third-order valence-corrected chi connectivity index (χ3v) is 4.33. The van der Waals surface area contributed by atoms with Crippen LogP contribution < -0.4 is 0 Å². The van der Waals surface area contributed by atoms with Gasteiger partial charge in [0.2, 0.25) is 11.8 Å². The third kappa shape index (κ3) is 2.74. The lowest BCUT2D eigenvalue weighted by Gasteiger charge is -2.36. The molecule has 1 N–H and O–H groups in total. The second-order valence-corrected chi connectivity index (χ2v) is 6.55. The summed E-state index contributed by atoms with van der Waals surface area (Å²) in [6, 6.07) is 0. The summed E-state index contributed by atoms with van der Waals surface area (Å²) in [4.78, 5) is 25.5. The second kappa shape index (κ2) is 5.00. The monoisotopic (exact) mass is 253 g/mol. The number of aliphatic hydroxyl groups is 1. The van der Waals surface area contributed by atoms with Crippen LogP contribution in [0.2, 0.25) is 0 Å². The lowest BCUT2D eigenvalue weighted by atomic mass is 9.81. The van der Waals surface area contributed by atoms with Gasteiger partial charge in [-0.05, 0) is 30.1 Å². The highest BCUT2D eigenvalue weighted by atomic mass is 16.3. The number of nitrogens with zero attached hydrogens (tertiary/aromatic N) is 1. The van der Waals surface area contributed by atoms with Crippen molar-refractivity contribution in [2.75, 3.05) is 13.2 Å². The molecule has 0 bridgehead atoms. The van der Waals surface area contributed by atoms with E-state index in [0.717, 1.165) is 19.3 Å². The van der Waals surface area contributed by atoms with Crippen molar-refractivity contribution in [3.8, 4) is 0 Å².